The molecule has 1 amide bonds. The largest absolute Gasteiger partial charge is 0.351 e. The zero-order valence-electron chi connectivity index (χ0n) is 11.0. The van der Waals surface area contributed by atoms with E-state index in [1.165, 1.54) is 0 Å². The molecule has 1 aliphatic rings. The van der Waals surface area contributed by atoms with Crippen LogP contribution in [0.2, 0.25) is 5.02 Å². The Hall–Kier alpha value is -0.330. The maximum absolute atomic E-state index is 12.0. The van der Waals surface area contributed by atoms with Crippen LogP contribution in [0, 0.1) is 0 Å². The molecule has 0 radical (unpaired) electrons. The van der Waals surface area contributed by atoms with Crippen molar-refractivity contribution < 1.29 is 4.79 Å². The van der Waals surface area contributed by atoms with Crippen molar-refractivity contribution in [3.63, 3.8) is 0 Å². The number of nitrogens with zero attached hydrogens (tertiary/aromatic N) is 1. The minimum atomic E-state index is -0.0930. The van der Waals surface area contributed by atoms with Crippen molar-refractivity contribution in [3.8, 4) is 0 Å². The maximum atomic E-state index is 12.0. The average Bonchev–Trinajstić information content (AvgIpc) is 2.42. The summed E-state index contributed by atoms with van der Waals surface area (Å²) < 4.78 is 0.761. The first-order valence-electron chi connectivity index (χ1n) is 6.33. The van der Waals surface area contributed by atoms with Crippen LogP contribution in [0.5, 0.6) is 0 Å². The molecule has 1 aliphatic heterocycles. The Balaban J connectivity index is 0.00000200. The summed E-state index contributed by atoms with van der Waals surface area (Å²) in [5.74, 6) is -0.0930. The molecule has 0 unspecified atom stereocenters. The Kier molecular flexibility index (Phi) is 7.84. The third-order valence-corrected chi connectivity index (χ3v) is 4.02. The highest BCUT2D eigenvalue weighted by Crippen LogP contribution is 2.20. The molecule has 7 heteroatoms. The molecule has 0 aromatic heterocycles. The van der Waals surface area contributed by atoms with Crippen LogP contribution in [-0.4, -0.2) is 50.1 Å². The fourth-order valence-corrected chi connectivity index (χ4v) is 2.63. The van der Waals surface area contributed by atoms with Gasteiger partial charge in [-0.3, -0.25) is 9.69 Å². The summed E-state index contributed by atoms with van der Waals surface area (Å²) in [6, 6.07) is 5.21. The Morgan fingerprint density at radius 1 is 1.40 bits per heavy atom. The van der Waals surface area contributed by atoms with E-state index in [9.17, 15) is 4.79 Å². The molecule has 0 atom stereocenters. The highest BCUT2D eigenvalue weighted by Gasteiger charge is 2.12. The molecule has 2 N–H and O–H groups in total. The normalized spacial score (nSPS) is 15.5. The van der Waals surface area contributed by atoms with Crippen LogP contribution >= 0.6 is 39.9 Å². The molecule has 1 saturated heterocycles. The molecular formula is C13H18BrCl2N3O. The summed E-state index contributed by atoms with van der Waals surface area (Å²) in [6.45, 7) is 5.65. The molecule has 0 bridgehead atoms. The van der Waals surface area contributed by atoms with Gasteiger partial charge in [0.15, 0.2) is 0 Å². The Morgan fingerprint density at radius 2 is 2.10 bits per heavy atom. The van der Waals surface area contributed by atoms with Crippen molar-refractivity contribution in [2.45, 2.75) is 0 Å². The van der Waals surface area contributed by atoms with E-state index in [0.717, 1.165) is 37.2 Å². The summed E-state index contributed by atoms with van der Waals surface area (Å²) in [4.78, 5) is 14.4. The quantitative estimate of drug-likeness (QED) is 0.838. The van der Waals surface area contributed by atoms with E-state index < -0.39 is 0 Å². The van der Waals surface area contributed by atoms with Gasteiger partial charge in [0, 0.05) is 48.8 Å². The van der Waals surface area contributed by atoms with Gasteiger partial charge in [0.1, 0.15) is 0 Å². The van der Waals surface area contributed by atoms with Crippen LogP contribution in [-0.2, 0) is 0 Å². The van der Waals surface area contributed by atoms with Crippen molar-refractivity contribution in [3.05, 3.63) is 33.3 Å². The topological polar surface area (TPSA) is 44.4 Å². The molecule has 112 valence electrons. The van der Waals surface area contributed by atoms with Gasteiger partial charge in [0.05, 0.1) is 5.56 Å². The number of amides is 1. The fraction of sp³-hybridized carbons (Fsp3) is 0.462. The first kappa shape index (κ1) is 17.7. The van der Waals surface area contributed by atoms with Gasteiger partial charge in [0.2, 0.25) is 0 Å². The number of carbonyl (C=O) groups is 1. The van der Waals surface area contributed by atoms with E-state index in [0.29, 0.717) is 17.1 Å². The maximum Gasteiger partial charge on any atom is 0.252 e. The molecule has 20 heavy (non-hydrogen) atoms. The second-order valence-corrected chi connectivity index (χ2v) is 5.76. The summed E-state index contributed by atoms with van der Waals surface area (Å²) in [5, 5.41) is 6.79. The van der Waals surface area contributed by atoms with Gasteiger partial charge < -0.3 is 10.6 Å². The lowest BCUT2D eigenvalue weighted by molar-refractivity contribution is 0.0946. The highest BCUT2D eigenvalue weighted by molar-refractivity contribution is 9.10. The molecule has 1 heterocycles. The number of hydrogen-bond acceptors (Lipinski definition) is 3. The van der Waals surface area contributed by atoms with Crippen LogP contribution in [0.3, 0.4) is 0 Å². The van der Waals surface area contributed by atoms with Crippen molar-refractivity contribution in [2.75, 3.05) is 39.3 Å². The van der Waals surface area contributed by atoms with Crippen molar-refractivity contribution in [1.82, 2.24) is 15.5 Å². The van der Waals surface area contributed by atoms with E-state index in [1.807, 2.05) is 0 Å². The number of nitrogens with one attached hydrogen (secondary N) is 2. The van der Waals surface area contributed by atoms with Gasteiger partial charge >= 0.3 is 0 Å². The molecule has 1 aromatic carbocycles. The second kappa shape index (κ2) is 8.85. The lowest BCUT2D eigenvalue weighted by atomic mass is 10.2. The van der Waals surface area contributed by atoms with Crippen LogP contribution in [0.25, 0.3) is 0 Å². The first-order valence-corrected chi connectivity index (χ1v) is 7.50. The van der Waals surface area contributed by atoms with Gasteiger partial charge in [0.25, 0.3) is 5.91 Å². The Bertz CT molecular complexity index is 453. The molecule has 0 spiro atoms. The number of halogens is 3. The molecule has 1 aromatic rings. The minimum Gasteiger partial charge on any atom is -0.351 e. The van der Waals surface area contributed by atoms with Gasteiger partial charge in [-0.05, 0) is 34.1 Å². The van der Waals surface area contributed by atoms with Crippen molar-refractivity contribution in [1.29, 1.82) is 0 Å². The van der Waals surface area contributed by atoms with Gasteiger partial charge in [-0.1, -0.05) is 11.6 Å². The summed E-state index contributed by atoms with van der Waals surface area (Å²) in [6.07, 6.45) is 0. The van der Waals surface area contributed by atoms with E-state index in [-0.39, 0.29) is 18.3 Å². The lowest BCUT2D eigenvalue weighted by Gasteiger charge is -2.27. The number of rotatable bonds is 4. The zero-order valence-corrected chi connectivity index (χ0v) is 14.2. The molecule has 2 rings (SSSR count). The number of hydrogen-bond donors (Lipinski definition) is 2. The van der Waals surface area contributed by atoms with Crippen LogP contribution in [0.4, 0.5) is 0 Å². The fourth-order valence-electron chi connectivity index (χ4n) is 2.03. The summed E-state index contributed by atoms with van der Waals surface area (Å²) >= 11 is 9.26. The van der Waals surface area contributed by atoms with Gasteiger partial charge in [-0.15, -0.1) is 12.4 Å². The van der Waals surface area contributed by atoms with E-state index in [1.54, 1.807) is 18.2 Å². The summed E-state index contributed by atoms with van der Waals surface area (Å²) in [7, 11) is 0. The van der Waals surface area contributed by atoms with Gasteiger partial charge in [-0.25, -0.2) is 0 Å². The lowest BCUT2D eigenvalue weighted by Crippen LogP contribution is -2.46. The first-order chi connectivity index (χ1) is 9.16. The molecule has 0 aliphatic carbocycles. The predicted molar refractivity (Wildman–Crippen MR) is 88.0 cm³/mol. The highest BCUT2D eigenvalue weighted by atomic mass is 79.9. The second-order valence-electron chi connectivity index (χ2n) is 4.47. The third kappa shape index (κ3) is 5.22. The SMILES string of the molecule is Cl.O=C(NCCN1CCNCC1)c1cc(Cl)ccc1Br. The van der Waals surface area contributed by atoms with E-state index in [2.05, 4.69) is 31.5 Å². The Morgan fingerprint density at radius 3 is 2.80 bits per heavy atom. The minimum absolute atomic E-state index is 0. The molecule has 1 fully saturated rings. The smallest absolute Gasteiger partial charge is 0.252 e. The predicted octanol–water partition coefficient (Wildman–Crippen LogP) is 2.16. The standard InChI is InChI=1S/C13H17BrClN3O.ClH/c14-12-2-1-10(15)9-11(12)13(19)17-5-8-18-6-3-16-4-7-18;/h1-2,9,16H,3-8H2,(H,17,19);1H. The van der Waals surface area contributed by atoms with Crippen LogP contribution < -0.4 is 10.6 Å². The van der Waals surface area contributed by atoms with Gasteiger partial charge in [-0.2, -0.15) is 0 Å². The number of benzene rings is 1. The van der Waals surface area contributed by atoms with E-state index >= 15 is 0 Å². The summed E-state index contributed by atoms with van der Waals surface area (Å²) in [5.41, 5.74) is 0.577. The number of piperazine rings is 1. The van der Waals surface area contributed by atoms with Crippen molar-refractivity contribution >= 4 is 45.8 Å². The van der Waals surface area contributed by atoms with E-state index in [4.69, 9.17) is 11.6 Å². The zero-order chi connectivity index (χ0) is 13.7. The van der Waals surface area contributed by atoms with Crippen LogP contribution in [0.1, 0.15) is 10.4 Å². The van der Waals surface area contributed by atoms with Crippen molar-refractivity contribution in [2.24, 2.45) is 0 Å². The number of carbonyl (C=O) groups excluding carboxylic acids is 1. The monoisotopic (exact) mass is 381 g/mol. The van der Waals surface area contributed by atoms with Crippen LogP contribution in [0.15, 0.2) is 22.7 Å². The average molecular weight is 383 g/mol. The third-order valence-electron chi connectivity index (χ3n) is 3.10. The molecule has 4 nitrogen and oxygen atoms in total. The Labute approximate surface area is 138 Å². The molecule has 0 saturated carbocycles. The molecular weight excluding hydrogens is 365 g/mol.